The summed E-state index contributed by atoms with van der Waals surface area (Å²) in [6.07, 6.45) is 5.51. The van der Waals surface area contributed by atoms with E-state index in [1.54, 1.807) is 5.48 Å². The molecule has 0 aromatic heterocycles. The molecule has 0 unspecified atom stereocenters. The van der Waals surface area contributed by atoms with Gasteiger partial charge in [0.05, 0.1) is 0 Å². The molecule has 1 saturated heterocycles. The van der Waals surface area contributed by atoms with Gasteiger partial charge in [0.1, 0.15) is 0 Å². The number of hydrogen-bond donors (Lipinski definition) is 2. The number of rotatable bonds is 7. The van der Waals surface area contributed by atoms with Gasteiger partial charge in [0.2, 0.25) is 11.8 Å². The molecule has 1 heterocycles. The third-order valence-corrected chi connectivity index (χ3v) is 4.76. The molecule has 24 heavy (non-hydrogen) atoms. The average Bonchev–Trinajstić information content (AvgIpc) is 2.62. The highest BCUT2D eigenvalue weighted by Crippen LogP contribution is 2.20. The normalized spacial score (nSPS) is 15.8. The van der Waals surface area contributed by atoms with Gasteiger partial charge in [-0.2, -0.15) is 0 Å². The number of hydroxylamine groups is 1. The second-order valence-corrected chi connectivity index (χ2v) is 6.78. The number of likely N-dealkylation sites (tertiary alicyclic amines) is 1. The van der Waals surface area contributed by atoms with Crippen LogP contribution in [0.15, 0.2) is 24.3 Å². The molecule has 1 aliphatic heterocycles. The maximum Gasteiger partial charge on any atom is 0.244 e. The van der Waals surface area contributed by atoms with E-state index in [4.69, 9.17) is 16.8 Å². The van der Waals surface area contributed by atoms with Gasteiger partial charge in [-0.1, -0.05) is 23.7 Å². The van der Waals surface area contributed by atoms with E-state index in [-0.39, 0.29) is 18.2 Å². The summed E-state index contributed by atoms with van der Waals surface area (Å²) in [7, 11) is 0. The zero-order valence-electron chi connectivity index (χ0n) is 13.8. The maximum absolute atomic E-state index is 12.7. The second-order valence-electron chi connectivity index (χ2n) is 6.34. The van der Waals surface area contributed by atoms with E-state index >= 15 is 0 Å². The molecule has 0 bridgehead atoms. The smallest absolute Gasteiger partial charge is 0.244 e. The van der Waals surface area contributed by atoms with Crippen molar-refractivity contribution < 1.29 is 14.8 Å². The number of piperidine rings is 1. The minimum atomic E-state index is -0.503. The van der Waals surface area contributed by atoms with Gasteiger partial charge in [0.25, 0.3) is 0 Å². The number of aryl methyl sites for hydroxylation is 1. The van der Waals surface area contributed by atoms with E-state index in [1.165, 1.54) is 0 Å². The Morgan fingerprint density at radius 2 is 1.83 bits per heavy atom. The van der Waals surface area contributed by atoms with E-state index in [0.717, 1.165) is 50.8 Å². The number of amides is 2. The number of nitrogens with zero attached hydrogens (tertiary/aromatic N) is 1. The van der Waals surface area contributed by atoms with Crippen molar-refractivity contribution in [1.29, 1.82) is 0 Å². The largest absolute Gasteiger partial charge is 0.342 e. The van der Waals surface area contributed by atoms with E-state index in [0.29, 0.717) is 11.4 Å². The van der Waals surface area contributed by atoms with E-state index in [2.05, 4.69) is 0 Å². The summed E-state index contributed by atoms with van der Waals surface area (Å²) in [6, 6.07) is 7.66. The number of nitrogens with one attached hydrogen (secondary N) is 1. The molecule has 1 atom stereocenters. The predicted molar refractivity (Wildman–Crippen MR) is 92.9 cm³/mol. The maximum atomic E-state index is 12.7. The standard InChI is InChI=1S/C18H25ClN2O3/c19-16-9-7-14(8-10-16)5-4-6-15(13-17(22)20-24)18(23)21-11-2-1-3-12-21/h7-10,15,24H,1-6,11-13H2,(H,20,22)/t15-/m1/s1. The first-order valence-electron chi connectivity index (χ1n) is 8.56. The van der Waals surface area contributed by atoms with E-state index in [1.807, 2.05) is 29.2 Å². The molecule has 5 nitrogen and oxygen atoms in total. The number of carbonyl (C=O) groups is 2. The van der Waals surface area contributed by atoms with Crippen molar-refractivity contribution in [2.24, 2.45) is 5.92 Å². The van der Waals surface area contributed by atoms with Crippen molar-refractivity contribution in [2.45, 2.75) is 44.9 Å². The molecule has 2 rings (SSSR count). The fraction of sp³-hybridized carbons (Fsp3) is 0.556. The molecular formula is C18H25ClN2O3. The van der Waals surface area contributed by atoms with Crippen LogP contribution in [0.2, 0.25) is 5.02 Å². The molecule has 132 valence electrons. The average molecular weight is 353 g/mol. The molecule has 6 heteroatoms. The fourth-order valence-corrected chi connectivity index (χ4v) is 3.28. The number of hydrogen-bond acceptors (Lipinski definition) is 3. The first-order chi connectivity index (χ1) is 11.6. The van der Waals surface area contributed by atoms with Gasteiger partial charge in [-0.3, -0.25) is 14.8 Å². The van der Waals surface area contributed by atoms with Crippen LogP contribution >= 0.6 is 11.6 Å². The van der Waals surface area contributed by atoms with Gasteiger partial charge < -0.3 is 4.90 Å². The topological polar surface area (TPSA) is 69.6 Å². The molecule has 0 saturated carbocycles. The van der Waals surface area contributed by atoms with Gasteiger partial charge in [0.15, 0.2) is 0 Å². The molecule has 1 aliphatic rings. The lowest BCUT2D eigenvalue weighted by molar-refractivity contribution is -0.141. The molecule has 0 spiro atoms. The summed E-state index contributed by atoms with van der Waals surface area (Å²) in [5.74, 6) is -0.839. The van der Waals surface area contributed by atoms with Crippen molar-refractivity contribution in [3.8, 4) is 0 Å². The monoisotopic (exact) mass is 352 g/mol. The van der Waals surface area contributed by atoms with Gasteiger partial charge in [-0.15, -0.1) is 0 Å². The van der Waals surface area contributed by atoms with Crippen molar-refractivity contribution in [3.05, 3.63) is 34.9 Å². The first-order valence-corrected chi connectivity index (χ1v) is 8.94. The van der Waals surface area contributed by atoms with Crippen LogP contribution < -0.4 is 5.48 Å². The highest BCUT2D eigenvalue weighted by atomic mass is 35.5. The van der Waals surface area contributed by atoms with E-state index in [9.17, 15) is 9.59 Å². The minimum absolute atomic E-state index is 0.0342. The van der Waals surface area contributed by atoms with Gasteiger partial charge in [-0.25, -0.2) is 5.48 Å². The highest BCUT2D eigenvalue weighted by molar-refractivity contribution is 6.30. The zero-order valence-corrected chi connectivity index (χ0v) is 14.6. The Bertz CT molecular complexity index is 542. The molecule has 2 amide bonds. The SMILES string of the molecule is O=C(C[C@@H](CCCc1ccc(Cl)cc1)C(=O)N1CCCCC1)NO. The van der Waals surface area contributed by atoms with Gasteiger partial charge >= 0.3 is 0 Å². The minimum Gasteiger partial charge on any atom is -0.342 e. The van der Waals surface area contributed by atoms with Crippen molar-refractivity contribution in [2.75, 3.05) is 13.1 Å². The molecule has 1 aromatic carbocycles. The Hall–Kier alpha value is -1.59. The van der Waals surface area contributed by atoms with Crippen LogP contribution in [-0.2, 0) is 16.0 Å². The van der Waals surface area contributed by atoms with Crippen LogP contribution in [-0.4, -0.2) is 35.0 Å². The third kappa shape index (κ3) is 5.80. The summed E-state index contributed by atoms with van der Waals surface area (Å²) in [5, 5.41) is 9.47. The van der Waals surface area contributed by atoms with Crippen molar-refractivity contribution in [1.82, 2.24) is 10.4 Å². The molecule has 1 aromatic rings. The Kier molecular flexibility index (Phi) is 7.53. The van der Waals surface area contributed by atoms with Crippen LogP contribution in [0, 0.1) is 5.92 Å². The third-order valence-electron chi connectivity index (χ3n) is 4.50. The zero-order chi connectivity index (χ0) is 17.4. The Labute approximate surface area is 147 Å². The fourth-order valence-electron chi connectivity index (χ4n) is 3.16. The number of halogens is 1. The lowest BCUT2D eigenvalue weighted by atomic mass is 9.94. The molecule has 0 aliphatic carbocycles. The summed E-state index contributed by atoms with van der Waals surface area (Å²) in [5.41, 5.74) is 2.81. The first kappa shape index (κ1) is 18.7. The van der Waals surface area contributed by atoms with Gasteiger partial charge in [0, 0.05) is 30.5 Å². The quantitative estimate of drug-likeness (QED) is 0.585. The Morgan fingerprint density at radius 3 is 2.46 bits per heavy atom. The Balaban J connectivity index is 1.90. The molecular weight excluding hydrogens is 328 g/mol. The van der Waals surface area contributed by atoms with Gasteiger partial charge in [-0.05, 0) is 56.2 Å². The molecule has 1 fully saturated rings. The second kappa shape index (κ2) is 9.64. The number of carbonyl (C=O) groups excluding carboxylic acids is 2. The Morgan fingerprint density at radius 1 is 1.17 bits per heavy atom. The predicted octanol–water partition coefficient (Wildman–Crippen LogP) is 3.19. The van der Waals surface area contributed by atoms with E-state index < -0.39 is 5.91 Å². The van der Waals surface area contributed by atoms with Crippen LogP contribution in [0.25, 0.3) is 0 Å². The van der Waals surface area contributed by atoms with Crippen LogP contribution in [0.4, 0.5) is 0 Å². The van der Waals surface area contributed by atoms with Crippen molar-refractivity contribution >= 4 is 23.4 Å². The lowest BCUT2D eigenvalue weighted by Gasteiger charge is -2.30. The van der Waals surface area contributed by atoms with Crippen LogP contribution in [0.1, 0.15) is 44.1 Å². The molecule has 0 radical (unpaired) electrons. The van der Waals surface area contributed by atoms with Crippen LogP contribution in [0.5, 0.6) is 0 Å². The van der Waals surface area contributed by atoms with Crippen molar-refractivity contribution in [3.63, 3.8) is 0 Å². The summed E-state index contributed by atoms with van der Waals surface area (Å²) < 4.78 is 0. The number of benzene rings is 1. The summed E-state index contributed by atoms with van der Waals surface area (Å²) in [6.45, 7) is 1.54. The lowest BCUT2D eigenvalue weighted by Crippen LogP contribution is -2.41. The molecule has 2 N–H and O–H groups in total. The van der Waals surface area contributed by atoms with Crippen LogP contribution in [0.3, 0.4) is 0 Å². The summed E-state index contributed by atoms with van der Waals surface area (Å²) >= 11 is 5.88. The summed E-state index contributed by atoms with van der Waals surface area (Å²) in [4.78, 5) is 26.1. The highest BCUT2D eigenvalue weighted by Gasteiger charge is 2.27.